The summed E-state index contributed by atoms with van der Waals surface area (Å²) in [5.41, 5.74) is 0. The van der Waals surface area contributed by atoms with Crippen molar-refractivity contribution in [1.82, 2.24) is 5.32 Å². The molecular weight excluding hydrogens is 338 g/mol. The Bertz CT molecular complexity index is 558. The van der Waals surface area contributed by atoms with Crippen LogP contribution < -0.4 is 5.32 Å². The Morgan fingerprint density at radius 3 is 2.00 bits per heavy atom. The van der Waals surface area contributed by atoms with Gasteiger partial charge in [0.1, 0.15) is 0 Å². The predicted octanol–water partition coefficient (Wildman–Crippen LogP) is 1.34. The second kappa shape index (κ2) is 9.73. The molecule has 0 saturated carbocycles. The number of amides is 2. The zero-order valence-corrected chi connectivity index (χ0v) is 14.6. The van der Waals surface area contributed by atoms with E-state index >= 15 is 0 Å². The van der Waals surface area contributed by atoms with Gasteiger partial charge in [0.05, 0.1) is 6.42 Å². The lowest BCUT2D eigenvalue weighted by atomic mass is 10.1. The van der Waals surface area contributed by atoms with Crippen molar-refractivity contribution in [2.45, 2.75) is 76.1 Å². The third kappa shape index (κ3) is 7.87. The first-order chi connectivity index (χ1) is 11.3. The summed E-state index contributed by atoms with van der Waals surface area (Å²) in [6.45, 7) is 2.23. The lowest BCUT2D eigenvalue weighted by molar-refractivity contribution is -0.124. The Labute approximate surface area is 142 Å². The minimum Gasteiger partial charge on any atom is -0.448 e. The topological polar surface area (TPSA) is 130 Å². The van der Waals surface area contributed by atoms with Crippen molar-refractivity contribution in [3.8, 4) is 0 Å². The minimum absolute atomic E-state index is 0.00554. The van der Waals surface area contributed by atoms with Crippen LogP contribution in [0.4, 0.5) is 0 Å². The van der Waals surface area contributed by atoms with Crippen molar-refractivity contribution in [3.63, 3.8) is 0 Å². The molecule has 8 nitrogen and oxygen atoms in total. The summed E-state index contributed by atoms with van der Waals surface area (Å²) in [6, 6.07) is 0. The van der Waals surface area contributed by atoms with E-state index in [-0.39, 0.29) is 12.1 Å². The van der Waals surface area contributed by atoms with Crippen molar-refractivity contribution in [2.24, 2.45) is 0 Å². The first kappa shape index (κ1) is 20.6. The molecule has 2 N–H and O–H groups in total. The molecule has 2 aliphatic heterocycles. The van der Waals surface area contributed by atoms with Gasteiger partial charge in [-0.15, -0.1) is 0 Å². The minimum atomic E-state index is -4.42. The summed E-state index contributed by atoms with van der Waals surface area (Å²) in [4.78, 5) is 31.4. The van der Waals surface area contributed by atoms with Gasteiger partial charge in [-0.3, -0.25) is 19.5 Å². The molecule has 2 atom stereocenters. The highest BCUT2D eigenvalue weighted by Crippen LogP contribution is 2.20. The van der Waals surface area contributed by atoms with Gasteiger partial charge in [0, 0.05) is 0 Å². The number of carbonyl (C=O) groups is 3. The summed E-state index contributed by atoms with van der Waals surface area (Å²) in [6.07, 6.45) is 9.58. The SMILES string of the molecule is CCCCCCCCCC1OC1=O.O=C1CC(S(=O)(=O)O)C(=O)N1. The van der Waals surface area contributed by atoms with Crippen LogP contribution in [0.25, 0.3) is 0 Å². The van der Waals surface area contributed by atoms with Crippen molar-refractivity contribution in [3.05, 3.63) is 0 Å². The zero-order valence-electron chi connectivity index (χ0n) is 13.8. The van der Waals surface area contributed by atoms with Crippen LogP contribution in [0.2, 0.25) is 0 Å². The van der Waals surface area contributed by atoms with Crippen molar-refractivity contribution in [2.75, 3.05) is 0 Å². The summed E-state index contributed by atoms with van der Waals surface area (Å²) in [5, 5.41) is 0.141. The van der Waals surface area contributed by atoms with E-state index in [9.17, 15) is 22.8 Å². The predicted molar refractivity (Wildman–Crippen MR) is 85.6 cm³/mol. The average molecular weight is 363 g/mol. The highest BCUT2D eigenvalue weighted by atomic mass is 32.2. The molecule has 24 heavy (non-hydrogen) atoms. The summed E-state index contributed by atoms with van der Waals surface area (Å²) in [7, 11) is -4.42. The second-order valence-electron chi connectivity index (χ2n) is 5.96. The molecule has 0 spiro atoms. The van der Waals surface area contributed by atoms with Crippen LogP contribution in [0, 0.1) is 0 Å². The van der Waals surface area contributed by atoms with Gasteiger partial charge >= 0.3 is 5.97 Å². The number of imide groups is 1. The van der Waals surface area contributed by atoms with E-state index in [0.29, 0.717) is 0 Å². The molecule has 2 amide bonds. The quantitative estimate of drug-likeness (QED) is 0.273. The Balaban J connectivity index is 0.000000243. The Kier molecular flexibility index (Phi) is 8.34. The molecule has 2 aliphatic rings. The molecule has 138 valence electrons. The van der Waals surface area contributed by atoms with Gasteiger partial charge in [-0.2, -0.15) is 8.42 Å². The Morgan fingerprint density at radius 2 is 1.62 bits per heavy atom. The summed E-state index contributed by atoms with van der Waals surface area (Å²) < 4.78 is 33.8. The molecule has 2 heterocycles. The van der Waals surface area contributed by atoms with Crippen LogP contribution in [0.1, 0.15) is 64.7 Å². The largest absolute Gasteiger partial charge is 0.448 e. The van der Waals surface area contributed by atoms with E-state index in [1.165, 1.54) is 38.5 Å². The van der Waals surface area contributed by atoms with E-state index < -0.39 is 33.6 Å². The fourth-order valence-corrected chi connectivity index (χ4v) is 3.03. The van der Waals surface area contributed by atoms with Gasteiger partial charge in [0.15, 0.2) is 11.4 Å². The number of nitrogens with one attached hydrogen (secondary N) is 1. The van der Waals surface area contributed by atoms with Crippen LogP contribution in [0.15, 0.2) is 0 Å². The number of cyclic esters (lactones) is 1. The third-order valence-electron chi connectivity index (χ3n) is 3.82. The van der Waals surface area contributed by atoms with Gasteiger partial charge in [-0.05, 0) is 12.8 Å². The molecule has 2 rings (SSSR count). The molecule has 0 aromatic carbocycles. The Hall–Kier alpha value is -1.48. The molecule has 9 heteroatoms. The van der Waals surface area contributed by atoms with Crippen LogP contribution in [-0.2, 0) is 29.2 Å². The maximum absolute atomic E-state index is 10.6. The number of carbonyl (C=O) groups excluding carboxylic acids is 3. The Morgan fingerprint density at radius 1 is 1.08 bits per heavy atom. The lowest BCUT2D eigenvalue weighted by Gasteiger charge is -1.98. The lowest BCUT2D eigenvalue weighted by Crippen LogP contribution is -2.30. The zero-order chi connectivity index (χ0) is 18.2. The first-order valence-corrected chi connectivity index (χ1v) is 9.76. The standard InChI is InChI=1S/C11H20O2.C4H5NO5S/c1-2-3-4-5-6-7-8-9-10-11(12)13-10;6-3-1-2(4(7)5-3)11(8,9)10/h10H,2-9H2,1H3;2H,1H2,(H,5,6,7)(H,8,9,10). The van der Waals surface area contributed by atoms with Crippen molar-refractivity contribution < 1.29 is 32.1 Å². The molecule has 2 fully saturated rings. The van der Waals surface area contributed by atoms with E-state index in [0.717, 1.165) is 12.8 Å². The normalized spacial score (nSPS) is 22.5. The number of hydrogen-bond acceptors (Lipinski definition) is 6. The van der Waals surface area contributed by atoms with Crippen LogP contribution in [0.3, 0.4) is 0 Å². The second-order valence-corrected chi connectivity index (χ2v) is 7.55. The third-order valence-corrected chi connectivity index (χ3v) is 4.92. The fraction of sp³-hybridized carbons (Fsp3) is 0.800. The van der Waals surface area contributed by atoms with E-state index in [1.807, 2.05) is 0 Å². The van der Waals surface area contributed by atoms with Crippen LogP contribution in [0.5, 0.6) is 0 Å². The van der Waals surface area contributed by atoms with E-state index in [4.69, 9.17) is 9.29 Å². The van der Waals surface area contributed by atoms with Gasteiger partial charge in [0.2, 0.25) is 11.8 Å². The monoisotopic (exact) mass is 363 g/mol. The number of unbranched alkanes of at least 4 members (excludes halogenated alkanes) is 6. The molecule has 0 bridgehead atoms. The summed E-state index contributed by atoms with van der Waals surface area (Å²) >= 11 is 0. The number of ether oxygens (including phenoxy) is 1. The number of epoxide rings is 1. The molecule has 2 unspecified atom stereocenters. The molecular formula is C15H25NO7S. The smallest absolute Gasteiger partial charge is 0.348 e. The molecule has 0 radical (unpaired) electrons. The highest BCUT2D eigenvalue weighted by Gasteiger charge is 2.39. The van der Waals surface area contributed by atoms with E-state index in [1.54, 1.807) is 5.32 Å². The first-order valence-electron chi connectivity index (χ1n) is 8.26. The van der Waals surface area contributed by atoms with Gasteiger partial charge < -0.3 is 4.74 Å². The summed E-state index contributed by atoms with van der Waals surface area (Å²) in [5.74, 6) is -1.64. The van der Waals surface area contributed by atoms with Crippen molar-refractivity contribution >= 4 is 27.9 Å². The highest BCUT2D eigenvalue weighted by molar-refractivity contribution is 7.87. The average Bonchev–Trinajstić information content (AvgIpc) is 3.07. The molecule has 0 aromatic rings. The van der Waals surface area contributed by atoms with Crippen LogP contribution in [-0.4, -0.2) is 42.1 Å². The fourth-order valence-electron chi connectivity index (χ4n) is 2.34. The number of hydrogen-bond donors (Lipinski definition) is 2. The maximum Gasteiger partial charge on any atom is 0.348 e. The number of rotatable bonds is 9. The molecule has 0 aromatic heterocycles. The van der Waals surface area contributed by atoms with Gasteiger partial charge in [0.25, 0.3) is 10.1 Å². The molecule has 0 aliphatic carbocycles. The maximum atomic E-state index is 10.6. The van der Waals surface area contributed by atoms with Gasteiger partial charge in [-0.25, -0.2) is 4.79 Å². The van der Waals surface area contributed by atoms with Gasteiger partial charge in [-0.1, -0.05) is 45.4 Å². The molecule has 2 saturated heterocycles. The van der Waals surface area contributed by atoms with Crippen molar-refractivity contribution in [1.29, 1.82) is 0 Å². The van der Waals surface area contributed by atoms with E-state index in [2.05, 4.69) is 6.92 Å². The van der Waals surface area contributed by atoms with Crippen LogP contribution >= 0.6 is 0 Å².